The highest BCUT2D eigenvalue weighted by atomic mass is 16.5. The van der Waals surface area contributed by atoms with E-state index < -0.39 is 0 Å². The van der Waals surface area contributed by atoms with E-state index in [1.54, 1.807) is 13.2 Å². The van der Waals surface area contributed by atoms with Crippen molar-refractivity contribution in [2.24, 2.45) is 5.41 Å². The molecule has 0 aliphatic carbocycles. The quantitative estimate of drug-likeness (QED) is 0.837. The van der Waals surface area contributed by atoms with Gasteiger partial charge in [0, 0.05) is 13.1 Å². The predicted molar refractivity (Wildman–Crippen MR) is 79.5 cm³/mol. The van der Waals surface area contributed by atoms with Crippen LogP contribution < -0.4 is 10.1 Å². The predicted octanol–water partition coefficient (Wildman–Crippen LogP) is 2.45. The lowest BCUT2D eigenvalue weighted by Crippen LogP contribution is -2.29. The zero-order chi connectivity index (χ0) is 15.2. The molecule has 1 atom stereocenters. The van der Waals surface area contributed by atoms with Gasteiger partial charge in [0.25, 0.3) is 0 Å². The third kappa shape index (κ3) is 5.60. The van der Waals surface area contributed by atoms with Gasteiger partial charge in [0.15, 0.2) is 0 Å². The van der Waals surface area contributed by atoms with E-state index >= 15 is 0 Å². The van der Waals surface area contributed by atoms with Crippen molar-refractivity contribution in [2.45, 2.75) is 39.8 Å². The van der Waals surface area contributed by atoms with E-state index in [9.17, 15) is 5.11 Å². The van der Waals surface area contributed by atoms with Gasteiger partial charge in [-0.1, -0.05) is 26.8 Å². The average Bonchev–Trinajstić information content (AvgIpc) is 2.36. The largest absolute Gasteiger partial charge is 0.495 e. The summed E-state index contributed by atoms with van der Waals surface area (Å²) in [5.74, 6) is 0.587. The number of hydrogen-bond donors (Lipinski definition) is 2. The highest BCUT2D eigenvalue weighted by Crippen LogP contribution is 2.21. The standard InChI is InChI=1S/C16H24N2O2/c1-16(2,3)8-14(19)11-18-10-12-5-6-15(20-4)13(7-12)9-17/h5-7,14,18-19H,8,10-11H2,1-4H3. The Morgan fingerprint density at radius 1 is 1.40 bits per heavy atom. The third-order valence-electron chi connectivity index (χ3n) is 2.94. The van der Waals surface area contributed by atoms with Gasteiger partial charge in [0.1, 0.15) is 11.8 Å². The van der Waals surface area contributed by atoms with Gasteiger partial charge in [-0.15, -0.1) is 0 Å². The highest BCUT2D eigenvalue weighted by molar-refractivity contribution is 5.45. The first-order chi connectivity index (χ1) is 9.35. The smallest absolute Gasteiger partial charge is 0.136 e. The number of benzene rings is 1. The molecular formula is C16H24N2O2. The minimum atomic E-state index is -0.358. The maximum absolute atomic E-state index is 9.91. The Hall–Kier alpha value is -1.57. The molecule has 0 bridgehead atoms. The van der Waals surface area contributed by atoms with E-state index in [0.717, 1.165) is 12.0 Å². The molecule has 0 aromatic heterocycles. The lowest BCUT2D eigenvalue weighted by Gasteiger charge is -2.22. The average molecular weight is 276 g/mol. The minimum absolute atomic E-state index is 0.120. The second-order valence-corrected chi connectivity index (χ2v) is 6.20. The summed E-state index contributed by atoms with van der Waals surface area (Å²) in [7, 11) is 1.55. The van der Waals surface area contributed by atoms with Crippen LogP contribution in [0.3, 0.4) is 0 Å². The van der Waals surface area contributed by atoms with Gasteiger partial charge < -0.3 is 15.2 Å². The summed E-state index contributed by atoms with van der Waals surface area (Å²) in [6, 6.07) is 7.63. The van der Waals surface area contributed by atoms with Crippen LogP contribution in [-0.4, -0.2) is 24.9 Å². The fourth-order valence-corrected chi connectivity index (χ4v) is 2.11. The number of nitriles is 1. The zero-order valence-electron chi connectivity index (χ0n) is 12.7. The zero-order valence-corrected chi connectivity index (χ0v) is 12.7. The molecule has 0 saturated heterocycles. The topological polar surface area (TPSA) is 65.3 Å². The molecule has 0 spiro atoms. The molecule has 1 aromatic carbocycles. The van der Waals surface area contributed by atoms with Crippen molar-refractivity contribution in [2.75, 3.05) is 13.7 Å². The van der Waals surface area contributed by atoms with Crippen LogP contribution in [0.2, 0.25) is 0 Å². The first-order valence-corrected chi connectivity index (χ1v) is 6.81. The van der Waals surface area contributed by atoms with E-state index in [2.05, 4.69) is 32.2 Å². The van der Waals surface area contributed by atoms with E-state index in [-0.39, 0.29) is 11.5 Å². The Bertz CT molecular complexity index is 472. The first-order valence-electron chi connectivity index (χ1n) is 6.81. The van der Waals surface area contributed by atoms with Gasteiger partial charge in [0.2, 0.25) is 0 Å². The van der Waals surface area contributed by atoms with Gasteiger partial charge >= 0.3 is 0 Å². The van der Waals surface area contributed by atoms with Gasteiger partial charge in [0.05, 0.1) is 18.8 Å². The lowest BCUT2D eigenvalue weighted by molar-refractivity contribution is 0.119. The summed E-state index contributed by atoms with van der Waals surface area (Å²) in [6.07, 6.45) is 0.398. The number of ether oxygens (including phenoxy) is 1. The van der Waals surface area contributed by atoms with Crippen molar-refractivity contribution in [3.8, 4) is 11.8 Å². The van der Waals surface area contributed by atoms with Gasteiger partial charge in [-0.3, -0.25) is 0 Å². The van der Waals surface area contributed by atoms with Crippen LogP contribution in [0, 0.1) is 16.7 Å². The minimum Gasteiger partial charge on any atom is -0.495 e. The van der Waals surface area contributed by atoms with Gasteiger partial charge in [-0.2, -0.15) is 5.26 Å². The van der Waals surface area contributed by atoms with Crippen LogP contribution in [0.1, 0.15) is 38.3 Å². The van der Waals surface area contributed by atoms with E-state index in [4.69, 9.17) is 10.00 Å². The fourth-order valence-electron chi connectivity index (χ4n) is 2.11. The van der Waals surface area contributed by atoms with Crippen molar-refractivity contribution >= 4 is 0 Å². The molecule has 1 aromatic rings. The molecule has 110 valence electrons. The number of rotatable bonds is 6. The van der Waals surface area contributed by atoms with Crippen LogP contribution >= 0.6 is 0 Å². The number of nitrogens with zero attached hydrogens (tertiary/aromatic N) is 1. The summed E-state index contributed by atoms with van der Waals surface area (Å²) in [6.45, 7) is 7.50. The van der Waals surface area contributed by atoms with Crippen LogP contribution in [0.5, 0.6) is 5.75 Å². The maximum Gasteiger partial charge on any atom is 0.136 e. The lowest BCUT2D eigenvalue weighted by atomic mass is 9.89. The van der Waals surface area contributed by atoms with Crippen molar-refractivity contribution in [3.63, 3.8) is 0 Å². The normalized spacial score (nSPS) is 12.8. The van der Waals surface area contributed by atoms with Crippen LogP contribution in [-0.2, 0) is 6.54 Å². The first kappa shape index (κ1) is 16.5. The Kier molecular flexibility index (Phi) is 6.00. The molecule has 1 unspecified atom stereocenters. The maximum atomic E-state index is 9.91. The second-order valence-electron chi connectivity index (χ2n) is 6.20. The fraction of sp³-hybridized carbons (Fsp3) is 0.562. The number of hydrogen-bond acceptors (Lipinski definition) is 4. The Balaban J connectivity index is 2.49. The molecule has 0 saturated carbocycles. The summed E-state index contributed by atoms with van der Waals surface area (Å²) in [5.41, 5.74) is 1.65. The number of aliphatic hydroxyl groups excluding tert-OH is 1. The molecule has 0 aliphatic heterocycles. The Labute approximate surface area is 121 Å². The summed E-state index contributed by atoms with van der Waals surface area (Å²) in [4.78, 5) is 0. The van der Waals surface area contributed by atoms with Crippen molar-refractivity contribution in [3.05, 3.63) is 29.3 Å². The molecule has 20 heavy (non-hydrogen) atoms. The SMILES string of the molecule is COc1ccc(CNCC(O)CC(C)(C)C)cc1C#N. The Morgan fingerprint density at radius 3 is 2.65 bits per heavy atom. The number of aliphatic hydroxyl groups is 1. The van der Waals surface area contributed by atoms with Crippen molar-refractivity contribution in [1.29, 1.82) is 5.26 Å². The van der Waals surface area contributed by atoms with Gasteiger partial charge in [-0.25, -0.2) is 0 Å². The van der Waals surface area contributed by atoms with Crippen LogP contribution in [0.15, 0.2) is 18.2 Å². The molecule has 2 N–H and O–H groups in total. The molecule has 0 heterocycles. The summed E-state index contributed by atoms with van der Waals surface area (Å²) >= 11 is 0. The third-order valence-corrected chi connectivity index (χ3v) is 2.94. The van der Waals surface area contributed by atoms with Gasteiger partial charge in [-0.05, 0) is 29.5 Å². The van der Waals surface area contributed by atoms with Crippen molar-refractivity contribution < 1.29 is 9.84 Å². The number of nitrogens with one attached hydrogen (secondary N) is 1. The molecule has 4 heteroatoms. The van der Waals surface area contributed by atoms with Crippen LogP contribution in [0.4, 0.5) is 0 Å². The molecule has 0 amide bonds. The molecular weight excluding hydrogens is 252 g/mol. The van der Waals surface area contributed by atoms with Crippen molar-refractivity contribution in [1.82, 2.24) is 5.32 Å². The highest BCUT2D eigenvalue weighted by Gasteiger charge is 2.16. The molecule has 0 radical (unpaired) electrons. The van der Waals surface area contributed by atoms with E-state index in [1.807, 2.05) is 12.1 Å². The van der Waals surface area contributed by atoms with E-state index in [1.165, 1.54) is 0 Å². The summed E-state index contributed by atoms with van der Waals surface area (Å²) in [5, 5.41) is 22.1. The second kappa shape index (κ2) is 7.28. The molecule has 0 aliphatic rings. The Morgan fingerprint density at radius 2 is 2.10 bits per heavy atom. The monoisotopic (exact) mass is 276 g/mol. The van der Waals surface area contributed by atoms with E-state index in [0.29, 0.717) is 24.4 Å². The number of methoxy groups -OCH3 is 1. The molecule has 1 rings (SSSR count). The summed E-state index contributed by atoms with van der Waals surface area (Å²) < 4.78 is 5.11. The van der Waals surface area contributed by atoms with Crippen LogP contribution in [0.25, 0.3) is 0 Å². The molecule has 4 nitrogen and oxygen atoms in total. The molecule has 0 fully saturated rings.